The Morgan fingerprint density at radius 3 is 2.34 bits per heavy atom. The Kier molecular flexibility index (Phi) is 9.38. The van der Waals surface area contributed by atoms with E-state index >= 15 is 0 Å². The summed E-state index contributed by atoms with van der Waals surface area (Å²) < 4.78 is 6.86. The molecular weight excluding hydrogens is 515 g/mol. The second kappa shape index (κ2) is 12.2. The molecule has 2 aromatic rings. The van der Waals surface area contributed by atoms with Crippen LogP contribution in [0.25, 0.3) is 0 Å². The molecule has 0 bridgehead atoms. The lowest BCUT2D eigenvalue weighted by Gasteiger charge is -2.32. The van der Waals surface area contributed by atoms with Crippen LogP contribution in [0.5, 0.6) is 5.75 Å². The van der Waals surface area contributed by atoms with Crippen molar-refractivity contribution in [3.8, 4) is 5.75 Å². The minimum Gasteiger partial charge on any atom is -0.484 e. The topological polar surface area (TPSA) is 58.6 Å². The fraction of sp³-hybridized carbons (Fsp3) is 0.462. The van der Waals surface area contributed by atoms with Gasteiger partial charge < -0.3 is 15.0 Å². The van der Waals surface area contributed by atoms with Crippen LogP contribution in [-0.4, -0.2) is 35.4 Å². The van der Waals surface area contributed by atoms with Crippen molar-refractivity contribution in [3.63, 3.8) is 0 Å². The van der Waals surface area contributed by atoms with Gasteiger partial charge in [-0.1, -0.05) is 56.0 Å². The van der Waals surface area contributed by atoms with Crippen LogP contribution in [0.3, 0.4) is 0 Å². The molecule has 2 amide bonds. The van der Waals surface area contributed by atoms with Crippen LogP contribution in [0.2, 0.25) is 0 Å². The van der Waals surface area contributed by atoms with E-state index in [1.54, 1.807) is 4.90 Å². The third kappa shape index (κ3) is 7.22. The summed E-state index contributed by atoms with van der Waals surface area (Å²) in [6.07, 6.45) is 6.13. The number of hydrogen-bond acceptors (Lipinski definition) is 3. The predicted molar refractivity (Wildman–Crippen MR) is 135 cm³/mol. The highest BCUT2D eigenvalue weighted by molar-refractivity contribution is 14.1. The number of carbonyl (C=O) groups is 2. The standard InChI is InChI=1S/C26H33IN2O3/c1-3-24(26(31)28-22-7-5-4-6-8-22)29(17-20-11-9-19(2)10-12-20)25(30)18-32-23-15-13-21(27)14-16-23/h9-16,22,24H,3-8,17-18H2,1-2H3,(H,28,31). The van der Waals surface area contributed by atoms with Gasteiger partial charge in [0.05, 0.1) is 0 Å². The zero-order valence-electron chi connectivity index (χ0n) is 19.0. The number of carbonyl (C=O) groups excluding carboxylic acids is 2. The normalized spacial score (nSPS) is 15.1. The second-order valence-corrected chi connectivity index (χ2v) is 9.76. The van der Waals surface area contributed by atoms with Gasteiger partial charge in [0.15, 0.2) is 6.61 Å². The Morgan fingerprint density at radius 1 is 1.06 bits per heavy atom. The first-order valence-corrected chi connectivity index (χ1v) is 12.6. The van der Waals surface area contributed by atoms with E-state index < -0.39 is 6.04 Å². The maximum atomic E-state index is 13.3. The van der Waals surface area contributed by atoms with E-state index in [4.69, 9.17) is 4.74 Å². The van der Waals surface area contributed by atoms with Crippen LogP contribution in [0.1, 0.15) is 56.6 Å². The fourth-order valence-electron chi connectivity index (χ4n) is 4.11. The molecule has 0 aliphatic heterocycles. The molecule has 1 N–H and O–H groups in total. The molecule has 32 heavy (non-hydrogen) atoms. The smallest absolute Gasteiger partial charge is 0.261 e. The highest BCUT2D eigenvalue weighted by atomic mass is 127. The number of nitrogens with zero attached hydrogens (tertiary/aromatic N) is 1. The van der Waals surface area contributed by atoms with E-state index in [1.165, 1.54) is 6.42 Å². The average Bonchev–Trinajstić information content (AvgIpc) is 2.80. The van der Waals surface area contributed by atoms with Crippen LogP contribution in [0.15, 0.2) is 48.5 Å². The zero-order valence-corrected chi connectivity index (χ0v) is 21.1. The minimum atomic E-state index is -0.522. The molecule has 1 fully saturated rings. The molecule has 2 aromatic carbocycles. The van der Waals surface area contributed by atoms with E-state index in [0.717, 1.165) is 40.4 Å². The van der Waals surface area contributed by atoms with Gasteiger partial charge in [0, 0.05) is 16.2 Å². The van der Waals surface area contributed by atoms with Crippen molar-refractivity contribution in [2.24, 2.45) is 0 Å². The second-order valence-electron chi connectivity index (χ2n) is 8.52. The van der Waals surface area contributed by atoms with Gasteiger partial charge in [-0.15, -0.1) is 0 Å². The lowest BCUT2D eigenvalue weighted by atomic mass is 9.95. The molecule has 0 aromatic heterocycles. The number of aryl methyl sites for hydroxylation is 1. The largest absolute Gasteiger partial charge is 0.484 e. The summed E-state index contributed by atoms with van der Waals surface area (Å²) in [7, 11) is 0. The monoisotopic (exact) mass is 548 g/mol. The third-order valence-electron chi connectivity index (χ3n) is 5.99. The molecule has 0 radical (unpaired) electrons. The number of hydrogen-bond donors (Lipinski definition) is 1. The number of ether oxygens (including phenoxy) is 1. The molecule has 1 aliphatic carbocycles. The summed E-state index contributed by atoms with van der Waals surface area (Å²) in [6, 6.07) is 15.4. The van der Waals surface area contributed by atoms with Gasteiger partial charge >= 0.3 is 0 Å². The van der Waals surface area contributed by atoms with Crippen LogP contribution in [0, 0.1) is 10.5 Å². The van der Waals surface area contributed by atoms with Gasteiger partial charge in [-0.05, 0) is 78.6 Å². The number of rotatable bonds is 9. The van der Waals surface area contributed by atoms with E-state index in [-0.39, 0.29) is 24.5 Å². The molecular formula is C26H33IN2O3. The zero-order chi connectivity index (χ0) is 22.9. The van der Waals surface area contributed by atoms with Gasteiger partial charge in [0.2, 0.25) is 5.91 Å². The summed E-state index contributed by atoms with van der Waals surface area (Å²) >= 11 is 2.23. The van der Waals surface area contributed by atoms with Crippen molar-refractivity contribution in [3.05, 3.63) is 63.2 Å². The van der Waals surface area contributed by atoms with Gasteiger partial charge in [-0.3, -0.25) is 9.59 Å². The van der Waals surface area contributed by atoms with Crippen molar-refractivity contribution >= 4 is 34.4 Å². The van der Waals surface area contributed by atoms with Crippen LogP contribution in [-0.2, 0) is 16.1 Å². The maximum absolute atomic E-state index is 13.3. The van der Waals surface area contributed by atoms with Crippen LogP contribution < -0.4 is 10.1 Å². The molecule has 1 atom stereocenters. The molecule has 0 saturated heterocycles. The highest BCUT2D eigenvalue weighted by Crippen LogP contribution is 2.20. The van der Waals surface area contributed by atoms with Crippen molar-refractivity contribution in [1.82, 2.24) is 10.2 Å². The Hall–Kier alpha value is -2.09. The minimum absolute atomic E-state index is 0.0610. The molecule has 0 heterocycles. The summed E-state index contributed by atoms with van der Waals surface area (Å²) in [6.45, 7) is 4.28. The number of benzene rings is 2. The number of amides is 2. The molecule has 0 spiro atoms. The molecule has 3 rings (SSSR count). The van der Waals surface area contributed by atoms with Crippen molar-refractivity contribution < 1.29 is 14.3 Å². The van der Waals surface area contributed by atoms with Crippen molar-refractivity contribution in [2.75, 3.05) is 6.61 Å². The SMILES string of the molecule is CCC(C(=O)NC1CCCCC1)N(Cc1ccc(C)cc1)C(=O)COc1ccc(I)cc1. The molecule has 5 nitrogen and oxygen atoms in total. The van der Waals surface area contributed by atoms with Gasteiger partial charge in [0.1, 0.15) is 11.8 Å². The molecule has 6 heteroatoms. The highest BCUT2D eigenvalue weighted by Gasteiger charge is 2.30. The lowest BCUT2D eigenvalue weighted by Crippen LogP contribution is -2.52. The maximum Gasteiger partial charge on any atom is 0.261 e. The summed E-state index contributed by atoms with van der Waals surface area (Å²) in [5, 5.41) is 3.21. The van der Waals surface area contributed by atoms with Gasteiger partial charge in [-0.2, -0.15) is 0 Å². The van der Waals surface area contributed by atoms with Crippen molar-refractivity contribution in [1.29, 1.82) is 0 Å². The first kappa shape index (κ1) is 24.6. The van der Waals surface area contributed by atoms with Gasteiger partial charge in [-0.25, -0.2) is 0 Å². The van der Waals surface area contributed by atoms with Crippen LogP contribution in [0.4, 0.5) is 0 Å². The fourth-order valence-corrected chi connectivity index (χ4v) is 4.47. The molecule has 172 valence electrons. The Balaban J connectivity index is 1.73. The lowest BCUT2D eigenvalue weighted by molar-refractivity contribution is -0.143. The predicted octanol–water partition coefficient (Wildman–Crippen LogP) is 5.23. The quantitative estimate of drug-likeness (QED) is 0.437. The Bertz CT molecular complexity index is 877. The molecule has 1 aliphatic rings. The van der Waals surface area contributed by atoms with Crippen LogP contribution >= 0.6 is 22.6 Å². The van der Waals surface area contributed by atoms with E-state index in [2.05, 4.69) is 27.9 Å². The summed E-state index contributed by atoms with van der Waals surface area (Å²) in [5.74, 6) is 0.401. The van der Waals surface area contributed by atoms with Gasteiger partial charge in [0.25, 0.3) is 5.91 Å². The van der Waals surface area contributed by atoms with E-state index in [0.29, 0.717) is 18.7 Å². The van der Waals surface area contributed by atoms with Crippen molar-refractivity contribution in [2.45, 2.75) is 71.0 Å². The summed E-state index contributed by atoms with van der Waals surface area (Å²) in [4.78, 5) is 28.1. The Labute approximate surface area is 205 Å². The molecule has 1 saturated carbocycles. The average molecular weight is 548 g/mol. The first-order chi connectivity index (χ1) is 15.5. The Morgan fingerprint density at radius 2 is 1.72 bits per heavy atom. The third-order valence-corrected chi connectivity index (χ3v) is 6.71. The first-order valence-electron chi connectivity index (χ1n) is 11.5. The van der Waals surface area contributed by atoms with E-state index in [9.17, 15) is 9.59 Å². The van der Waals surface area contributed by atoms with E-state index in [1.807, 2.05) is 62.4 Å². The number of halogens is 1. The molecule has 1 unspecified atom stereocenters. The summed E-state index contributed by atoms with van der Waals surface area (Å²) in [5.41, 5.74) is 2.16. The number of nitrogens with one attached hydrogen (secondary N) is 1.